The van der Waals surface area contributed by atoms with Crippen molar-refractivity contribution < 1.29 is 0 Å². The van der Waals surface area contributed by atoms with Gasteiger partial charge in [0.2, 0.25) is 0 Å². The highest BCUT2D eigenvalue weighted by Gasteiger charge is 2.13. The number of nitrogens with zero attached hydrogens (tertiary/aromatic N) is 1. The number of aromatic nitrogens is 2. The van der Waals surface area contributed by atoms with Crippen LogP contribution in [-0.4, -0.2) is 16.7 Å². The lowest BCUT2D eigenvalue weighted by Gasteiger charge is -2.08. The summed E-state index contributed by atoms with van der Waals surface area (Å²) in [4.78, 5) is 0. The third-order valence-electron chi connectivity index (χ3n) is 2.79. The van der Waals surface area contributed by atoms with E-state index in [2.05, 4.69) is 15.5 Å². The Morgan fingerprint density at radius 2 is 2.31 bits per heavy atom. The normalized spacial score (nSPS) is 18.2. The fraction of sp³-hybridized carbons (Fsp3) is 0.700. The molecule has 0 saturated heterocycles. The molecule has 72 valence electrons. The average molecular weight is 179 g/mol. The second-order valence-corrected chi connectivity index (χ2v) is 3.89. The lowest BCUT2D eigenvalue weighted by molar-refractivity contribution is 0.489. The van der Waals surface area contributed by atoms with Gasteiger partial charge in [0.1, 0.15) is 0 Å². The van der Waals surface area contributed by atoms with E-state index in [4.69, 9.17) is 0 Å². The summed E-state index contributed by atoms with van der Waals surface area (Å²) < 4.78 is 0. The molecule has 2 rings (SSSR count). The van der Waals surface area contributed by atoms with Crippen LogP contribution in [0.1, 0.15) is 31.2 Å². The van der Waals surface area contributed by atoms with Gasteiger partial charge in [0.05, 0.1) is 6.20 Å². The average Bonchev–Trinajstić information content (AvgIpc) is 2.75. The zero-order chi connectivity index (χ0) is 8.93. The molecule has 0 unspecified atom stereocenters. The van der Waals surface area contributed by atoms with Crippen LogP contribution in [0, 0.1) is 5.92 Å². The van der Waals surface area contributed by atoms with Crippen molar-refractivity contribution in [3.05, 3.63) is 18.0 Å². The minimum atomic E-state index is 0.923. The molecule has 0 atom stereocenters. The summed E-state index contributed by atoms with van der Waals surface area (Å²) in [5, 5.41) is 10.2. The maximum Gasteiger partial charge on any atom is 0.0532 e. The molecule has 1 aliphatic carbocycles. The Bertz CT molecular complexity index is 224. The summed E-state index contributed by atoms with van der Waals surface area (Å²) >= 11 is 0. The molecule has 0 radical (unpaired) electrons. The summed E-state index contributed by atoms with van der Waals surface area (Å²) in [5.74, 6) is 0.923. The Hall–Kier alpha value is -0.830. The molecule has 1 aromatic heterocycles. The van der Waals surface area contributed by atoms with Crippen molar-refractivity contribution in [1.82, 2.24) is 15.5 Å². The van der Waals surface area contributed by atoms with Gasteiger partial charge in [-0.3, -0.25) is 5.10 Å². The van der Waals surface area contributed by atoms with Crippen LogP contribution in [0.2, 0.25) is 0 Å². The van der Waals surface area contributed by atoms with Crippen LogP contribution in [0.5, 0.6) is 0 Å². The van der Waals surface area contributed by atoms with Crippen molar-refractivity contribution in [2.75, 3.05) is 6.54 Å². The first-order valence-corrected chi connectivity index (χ1v) is 5.13. The second kappa shape index (κ2) is 4.42. The molecule has 1 aliphatic rings. The highest BCUT2D eigenvalue weighted by Crippen LogP contribution is 2.23. The smallest absolute Gasteiger partial charge is 0.0532 e. The predicted molar refractivity (Wildman–Crippen MR) is 52.3 cm³/mol. The van der Waals surface area contributed by atoms with Gasteiger partial charge in [0.25, 0.3) is 0 Å². The Morgan fingerprint density at radius 1 is 1.46 bits per heavy atom. The van der Waals surface area contributed by atoms with E-state index in [1.54, 1.807) is 0 Å². The largest absolute Gasteiger partial charge is 0.312 e. The number of rotatable bonds is 4. The number of hydrogen-bond acceptors (Lipinski definition) is 2. The summed E-state index contributed by atoms with van der Waals surface area (Å²) in [6, 6.07) is 0. The van der Waals surface area contributed by atoms with Gasteiger partial charge in [-0.2, -0.15) is 5.10 Å². The molecule has 0 aliphatic heterocycles. The van der Waals surface area contributed by atoms with E-state index in [0.717, 1.165) is 12.5 Å². The summed E-state index contributed by atoms with van der Waals surface area (Å²) in [6.07, 6.45) is 9.51. The van der Waals surface area contributed by atoms with Crippen molar-refractivity contribution in [3.63, 3.8) is 0 Å². The van der Waals surface area contributed by atoms with E-state index in [1.807, 2.05) is 12.4 Å². The molecular formula is C10H17N3. The second-order valence-electron chi connectivity index (χ2n) is 3.89. The van der Waals surface area contributed by atoms with Gasteiger partial charge in [-0.1, -0.05) is 12.8 Å². The maximum absolute atomic E-state index is 3.91. The monoisotopic (exact) mass is 179 g/mol. The zero-order valence-corrected chi connectivity index (χ0v) is 7.92. The summed E-state index contributed by atoms with van der Waals surface area (Å²) in [7, 11) is 0. The highest BCUT2D eigenvalue weighted by atomic mass is 15.1. The van der Waals surface area contributed by atoms with Gasteiger partial charge in [-0.25, -0.2) is 0 Å². The quantitative estimate of drug-likeness (QED) is 0.738. The Balaban J connectivity index is 1.63. The van der Waals surface area contributed by atoms with Gasteiger partial charge >= 0.3 is 0 Å². The minimum absolute atomic E-state index is 0.923. The molecule has 0 amide bonds. The molecule has 0 bridgehead atoms. The Kier molecular flexibility index (Phi) is 2.98. The molecular weight excluding hydrogens is 162 g/mol. The predicted octanol–water partition coefficient (Wildman–Crippen LogP) is 1.69. The standard InChI is InChI=1S/C10H17N3/c1-2-4-9(3-1)5-11-6-10-7-12-13-8-10/h7-9,11H,1-6H2,(H,12,13). The molecule has 1 heterocycles. The molecule has 13 heavy (non-hydrogen) atoms. The van der Waals surface area contributed by atoms with Crippen molar-refractivity contribution in [2.24, 2.45) is 5.92 Å². The van der Waals surface area contributed by atoms with E-state index in [1.165, 1.54) is 37.8 Å². The third kappa shape index (κ3) is 2.56. The molecule has 1 fully saturated rings. The molecule has 1 saturated carbocycles. The summed E-state index contributed by atoms with van der Waals surface area (Å²) in [6.45, 7) is 2.12. The van der Waals surface area contributed by atoms with Crippen LogP contribution in [0.3, 0.4) is 0 Å². The number of H-pyrrole nitrogens is 1. The number of hydrogen-bond donors (Lipinski definition) is 2. The topological polar surface area (TPSA) is 40.7 Å². The number of aromatic amines is 1. The SMILES string of the molecule is c1n[nH]cc1CNCC1CCCC1. The number of nitrogens with one attached hydrogen (secondary N) is 2. The molecule has 1 aromatic rings. The first-order chi connectivity index (χ1) is 6.45. The Morgan fingerprint density at radius 3 is 3.00 bits per heavy atom. The van der Waals surface area contributed by atoms with Crippen molar-refractivity contribution in [3.8, 4) is 0 Å². The van der Waals surface area contributed by atoms with Crippen molar-refractivity contribution in [2.45, 2.75) is 32.2 Å². The molecule has 2 N–H and O–H groups in total. The van der Waals surface area contributed by atoms with Gasteiger partial charge in [-0.15, -0.1) is 0 Å². The van der Waals surface area contributed by atoms with Crippen LogP contribution >= 0.6 is 0 Å². The van der Waals surface area contributed by atoms with Gasteiger partial charge in [0.15, 0.2) is 0 Å². The van der Waals surface area contributed by atoms with Gasteiger partial charge in [-0.05, 0) is 25.3 Å². The lowest BCUT2D eigenvalue weighted by atomic mass is 10.1. The van der Waals surface area contributed by atoms with E-state index in [-0.39, 0.29) is 0 Å². The Labute approximate surface area is 78.9 Å². The van der Waals surface area contributed by atoms with Crippen LogP contribution in [0.25, 0.3) is 0 Å². The minimum Gasteiger partial charge on any atom is -0.312 e. The molecule has 3 heteroatoms. The first kappa shape index (κ1) is 8.75. The lowest BCUT2D eigenvalue weighted by Crippen LogP contribution is -2.20. The molecule has 3 nitrogen and oxygen atoms in total. The molecule has 0 aromatic carbocycles. The first-order valence-electron chi connectivity index (χ1n) is 5.13. The van der Waals surface area contributed by atoms with E-state index in [9.17, 15) is 0 Å². The van der Waals surface area contributed by atoms with Crippen molar-refractivity contribution >= 4 is 0 Å². The maximum atomic E-state index is 3.91. The van der Waals surface area contributed by atoms with E-state index in [0.29, 0.717) is 0 Å². The van der Waals surface area contributed by atoms with Crippen LogP contribution in [0.4, 0.5) is 0 Å². The fourth-order valence-electron chi connectivity index (χ4n) is 2.01. The zero-order valence-electron chi connectivity index (χ0n) is 7.92. The third-order valence-corrected chi connectivity index (χ3v) is 2.79. The van der Waals surface area contributed by atoms with Crippen LogP contribution < -0.4 is 5.32 Å². The van der Waals surface area contributed by atoms with E-state index < -0.39 is 0 Å². The van der Waals surface area contributed by atoms with Gasteiger partial charge < -0.3 is 5.32 Å². The van der Waals surface area contributed by atoms with Gasteiger partial charge in [0, 0.05) is 18.3 Å². The molecule has 0 spiro atoms. The van der Waals surface area contributed by atoms with E-state index >= 15 is 0 Å². The van der Waals surface area contributed by atoms with Crippen LogP contribution in [0.15, 0.2) is 12.4 Å². The van der Waals surface area contributed by atoms with Crippen molar-refractivity contribution in [1.29, 1.82) is 0 Å². The fourth-order valence-corrected chi connectivity index (χ4v) is 2.01. The van der Waals surface area contributed by atoms with Crippen LogP contribution in [-0.2, 0) is 6.54 Å². The highest BCUT2D eigenvalue weighted by molar-refractivity contribution is 5.01. The summed E-state index contributed by atoms with van der Waals surface area (Å²) in [5.41, 5.74) is 1.25.